The van der Waals surface area contributed by atoms with Crippen molar-refractivity contribution in [3.63, 3.8) is 0 Å². The summed E-state index contributed by atoms with van der Waals surface area (Å²) in [7, 11) is 4.22. The molecule has 5 nitrogen and oxygen atoms in total. The highest BCUT2D eigenvalue weighted by molar-refractivity contribution is 7.99. The van der Waals surface area contributed by atoms with E-state index in [4.69, 9.17) is 4.74 Å². The van der Waals surface area contributed by atoms with Crippen molar-refractivity contribution in [1.29, 1.82) is 0 Å². The van der Waals surface area contributed by atoms with E-state index in [9.17, 15) is 5.11 Å². The predicted molar refractivity (Wildman–Crippen MR) is 170 cm³/mol. The molecule has 0 radical (unpaired) electrons. The van der Waals surface area contributed by atoms with Gasteiger partial charge in [0.1, 0.15) is 6.20 Å². The summed E-state index contributed by atoms with van der Waals surface area (Å²) in [5.74, 6) is 2.13. The van der Waals surface area contributed by atoms with Crippen LogP contribution >= 0.6 is 11.8 Å². The number of aliphatic hydroxyl groups is 1. The Hall–Kier alpha value is -1.89. The zero-order valence-electron chi connectivity index (χ0n) is 25.5. The highest BCUT2D eigenvalue weighted by Gasteiger charge is 2.45. The molecule has 4 rings (SSSR count). The van der Waals surface area contributed by atoms with Gasteiger partial charge in [0.15, 0.2) is 0 Å². The van der Waals surface area contributed by atoms with Crippen LogP contribution in [-0.2, 0) is 4.74 Å². The number of thioether (sulfide) groups is 1. The Morgan fingerprint density at radius 2 is 1.88 bits per heavy atom. The molecule has 40 heavy (non-hydrogen) atoms. The second kappa shape index (κ2) is 15.4. The molecule has 1 unspecified atom stereocenters. The second-order valence-electron chi connectivity index (χ2n) is 12.3. The number of unbranched alkanes of at least 4 members (excludes halogenated alkanes) is 3. The van der Waals surface area contributed by atoms with Crippen molar-refractivity contribution in [2.24, 2.45) is 5.41 Å². The third-order valence-electron chi connectivity index (χ3n) is 9.11. The molecule has 0 aromatic heterocycles. The maximum atomic E-state index is 12.4. The molecule has 0 bridgehead atoms. The van der Waals surface area contributed by atoms with Crippen molar-refractivity contribution in [2.45, 2.75) is 95.0 Å². The van der Waals surface area contributed by atoms with E-state index in [2.05, 4.69) is 80.9 Å². The SMILES string of the molecule is CCCCC1(CCCC)CSc2ccc(N(C)C)cc2[C@@H](C2=CC=C(OCCCC[NH+]3C=CNCC3)CC2)[C@H]1O. The minimum absolute atomic E-state index is 0.0338. The van der Waals surface area contributed by atoms with Crippen LogP contribution in [0.3, 0.4) is 0 Å². The Bertz CT molecular complexity index is 1030. The van der Waals surface area contributed by atoms with Gasteiger partial charge in [0.05, 0.1) is 44.3 Å². The van der Waals surface area contributed by atoms with E-state index < -0.39 is 0 Å². The Kier molecular flexibility index (Phi) is 11.9. The van der Waals surface area contributed by atoms with Crippen molar-refractivity contribution >= 4 is 17.4 Å². The van der Waals surface area contributed by atoms with Crippen molar-refractivity contribution in [3.8, 4) is 0 Å². The minimum atomic E-state index is -0.375. The summed E-state index contributed by atoms with van der Waals surface area (Å²) in [6, 6.07) is 6.88. The number of hydrogen-bond acceptors (Lipinski definition) is 5. The van der Waals surface area contributed by atoms with Crippen LogP contribution < -0.4 is 15.1 Å². The summed E-state index contributed by atoms with van der Waals surface area (Å²) < 4.78 is 6.23. The quantitative estimate of drug-likeness (QED) is 0.239. The highest BCUT2D eigenvalue weighted by Crippen LogP contribution is 2.53. The molecule has 0 amide bonds. The van der Waals surface area contributed by atoms with E-state index in [1.807, 2.05) is 11.8 Å². The van der Waals surface area contributed by atoms with Crippen LogP contribution in [-0.4, -0.2) is 57.3 Å². The summed E-state index contributed by atoms with van der Waals surface area (Å²) >= 11 is 1.98. The standard InChI is InChI=1S/C34H53N3O2S/c1-5-7-17-34(18-8-6-2)26-40-31-16-13-28(36(3)4)25-30(31)32(33(34)38)27-11-14-29(15-12-27)39-24-10-9-21-37-22-19-35-20-23-37/h11,13-14,16,19,22,25,32-33,35,38H,5-10,12,15,17-18,20-21,23-24,26H2,1-4H3/p+1/t32-,33-/m1/s1. The Morgan fingerprint density at radius 1 is 1.07 bits per heavy atom. The number of quaternary nitrogens is 1. The van der Waals surface area contributed by atoms with E-state index in [0.717, 1.165) is 56.8 Å². The fraction of sp³-hybridized carbons (Fsp3) is 0.647. The molecule has 6 heteroatoms. The number of fused-ring (bicyclic) bond motifs is 1. The first-order valence-electron chi connectivity index (χ1n) is 15.9. The smallest absolute Gasteiger partial charge is 0.110 e. The monoisotopic (exact) mass is 568 g/mol. The molecule has 2 aliphatic heterocycles. The van der Waals surface area contributed by atoms with Gasteiger partial charge in [0.2, 0.25) is 0 Å². The zero-order valence-corrected chi connectivity index (χ0v) is 26.3. The number of nitrogens with one attached hydrogen (secondary N) is 2. The molecule has 3 atom stereocenters. The maximum absolute atomic E-state index is 12.4. The van der Waals surface area contributed by atoms with Crippen LogP contribution in [0.5, 0.6) is 0 Å². The van der Waals surface area contributed by atoms with Crippen LogP contribution in [0, 0.1) is 5.41 Å². The number of anilines is 1. The summed E-state index contributed by atoms with van der Waals surface area (Å²) in [4.78, 5) is 5.08. The lowest BCUT2D eigenvalue weighted by Gasteiger charge is -2.41. The fourth-order valence-electron chi connectivity index (χ4n) is 6.50. The van der Waals surface area contributed by atoms with Gasteiger partial charge in [0.25, 0.3) is 0 Å². The summed E-state index contributed by atoms with van der Waals surface area (Å²) in [5.41, 5.74) is 3.83. The van der Waals surface area contributed by atoms with Gasteiger partial charge < -0.3 is 25.0 Å². The van der Waals surface area contributed by atoms with Gasteiger partial charge in [-0.1, -0.05) is 51.2 Å². The predicted octanol–water partition coefficient (Wildman–Crippen LogP) is 6.03. The van der Waals surface area contributed by atoms with E-state index in [0.29, 0.717) is 0 Å². The molecular weight excluding hydrogens is 514 g/mol. The summed E-state index contributed by atoms with van der Waals surface area (Å²) in [6.45, 7) is 8.75. The lowest BCUT2D eigenvalue weighted by molar-refractivity contribution is -0.848. The molecule has 0 spiro atoms. The van der Waals surface area contributed by atoms with Crippen molar-refractivity contribution < 1.29 is 14.7 Å². The molecule has 0 saturated carbocycles. The number of rotatable bonds is 14. The first-order chi connectivity index (χ1) is 19.5. The maximum Gasteiger partial charge on any atom is 0.110 e. The Balaban J connectivity index is 1.52. The molecule has 3 aliphatic rings. The average molecular weight is 569 g/mol. The first-order valence-corrected chi connectivity index (χ1v) is 16.8. The van der Waals surface area contributed by atoms with E-state index in [-0.39, 0.29) is 17.4 Å². The minimum Gasteiger partial charge on any atom is -0.498 e. The normalized spacial score (nSPS) is 23.9. The topological polar surface area (TPSA) is 49.2 Å². The van der Waals surface area contributed by atoms with Crippen LogP contribution in [0.2, 0.25) is 0 Å². The average Bonchev–Trinajstić information content (AvgIpc) is 3.09. The summed E-state index contributed by atoms with van der Waals surface area (Å²) in [6.07, 6.45) is 19.5. The van der Waals surface area contributed by atoms with Gasteiger partial charge in [-0.25, -0.2) is 0 Å². The van der Waals surface area contributed by atoms with Crippen LogP contribution in [0.4, 0.5) is 5.69 Å². The van der Waals surface area contributed by atoms with Crippen molar-refractivity contribution in [1.82, 2.24) is 5.32 Å². The third kappa shape index (κ3) is 7.89. The van der Waals surface area contributed by atoms with Crippen molar-refractivity contribution in [2.75, 3.05) is 51.0 Å². The first kappa shape index (κ1) is 31.1. The largest absolute Gasteiger partial charge is 0.498 e. The molecular formula is C34H54N3O2S+. The third-order valence-corrected chi connectivity index (χ3v) is 10.5. The van der Waals surface area contributed by atoms with Gasteiger partial charge in [-0.15, -0.1) is 11.8 Å². The molecule has 0 fully saturated rings. The van der Waals surface area contributed by atoms with Crippen LogP contribution in [0.25, 0.3) is 0 Å². The Labute approximate surface area is 248 Å². The second-order valence-corrected chi connectivity index (χ2v) is 13.3. The van der Waals surface area contributed by atoms with E-state index in [1.54, 1.807) is 4.90 Å². The number of nitrogens with zero attached hydrogens (tertiary/aromatic N) is 1. The van der Waals surface area contributed by atoms with Crippen molar-refractivity contribution in [3.05, 3.63) is 59.6 Å². The zero-order chi connectivity index (χ0) is 28.4. The van der Waals surface area contributed by atoms with E-state index >= 15 is 0 Å². The molecule has 1 aliphatic carbocycles. The molecule has 3 N–H and O–H groups in total. The number of benzene rings is 1. The van der Waals surface area contributed by atoms with Gasteiger partial charge >= 0.3 is 0 Å². The number of hydrogen-bond donors (Lipinski definition) is 3. The lowest BCUT2D eigenvalue weighted by Crippen LogP contribution is -3.09. The molecule has 1 aromatic carbocycles. The Morgan fingerprint density at radius 3 is 2.52 bits per heavy atom. The lowest BCUT2D eigenvalue weighted by atomic mass is 9.67. The number of ether oxygens (including phenoxy) is 1. The summed E-state index contributed by atoms with van der Waals surface area (Å²) in [5, 5.41) is 15.7. The molecule has 222 valence electrons. The number of aliphatic hydroxyl groups excluding tert-OH is 1. The molecule has 1 aromatic rings. The van der Waals surface area contributed by atoms with E-state index in [1.165, 1.54) is 66.9 Å². The molecule has 0 saturated heterocycles. The van der Waals surface area contributed by atoms with Gasteiger partial charge in [-0.05, 0) is 55.5 Å². The van der Waals surface area contributed by atoms with Gasteiger partial charge in [0, 0.05) is 54.6 Å². The fourth-order valence-corrected chi connectivity index (χ4v) is 7.92. The highest BCUT2D eigenvalue weighted by atomic mass is 32.2. The molecule has 2 heterocycles. The van der Waals surface area contributed by atoms with Crippen LogP contribution in [0.15, 0.2) is 59.0 Å². The van der Waals surface area contributed by atoms with Crippen LogP contribution in [0.1, 0.15) is 89.5 Å². The van der Waals surface area contributed by atoms with Gasteiger partial charge in [-0.2, -0.15) is 0 Å². The van der Waals surface area contributed by atoms with Gasteiger partial charge in [-0.3, -0.25) is 0 Å². The number of allylic oxidation sites excluding steroid dienone is 3.